The van der Waals surface area contributed by atoms with Gasteiger partial charge in [0.1, 0.15) is 0 Å². The minimum absolute atomic E-state index is 0.439. The van der Waals surface area contributed by atoms with Crippen LogP contribution in [0.25, 0.3) is 20.2 Å². The van der Waals surface area contributed by atoms with Crippen LogP contribution in [-0.2, 0) is 6.42 Å². The molecule has 3 aromatic rings. The molecule has 0 spiro atoms. The third-order valence-electron chi connectivity index (χ3n) is 4.78. The highest BCUT2D eigenvalue weighted by atomic mass is 32.1. The number of rotatable bonds is 5. The molecule has 2 aromatic carbocycles. The van der Waals surface area contributed by atoms with Crippen LogP contribution in [0, 0.1) is 5.41 Å². The first kappa shape index (κ1) is 14.6. The molecule has 0 aliphatic rings. The molecule has 1 heteroatoms. The fraction of sp³-hybridized carbons (Fsp3) is 0.400. The van der Waals surface area contributed by atoms with Crippen molar-refractivity contribution in [3.63, 3.8) is 0 Å². The summed E-state index contributed by atoms with van der Waals surface area (Å²) in [5.41, 5.74) is 1.93. The van der Waals surface area contributed by atoms with Crippen molar-refractivity contribution in [2.24, 2.45) is 5.41 Å². The van der Waals surface area contributed by atoms with Gasteiger partial charge in [-0.1, -0.05) is 57.9 Å². The lowest BCUT2D eigenvalue weighted by Crippen LogP contribution is -2.18. The Bertz CT molecular complexity index is 753. The molecule has 0 aliphatic carbocycles. The molecule has 3 rings (SSSR count). The van der Waals surface area contributed by atoms with Gasteiger partial charge in [-0.05, 0) is 42.0 Å². The van der Waals surface area contributed by atoms with Gasteiger partial charge in [-0.25, -0.2) is 0 Å². The smallest absolute Gasteiger partial charge is 0.0355 e. The molecule has 0 fully saturated rings. The molecule has 1 unspecified atom stereocenters. The van der Waals surface area contributed by atoms with Crippen LogP contribution >= 0.6 is 11.3 Å². The third kappa shape index (κ3) is 2.85. The van der Waals surface area contributed by atoms with Gasteiger partial charge < -0.3 is 0 Å². The van der Waals surface area contributed by atoms with Gasteiger partial charge in [0.15, 0.2) is 0 Å². The maximum Gasteiger partial charge on any atom is 0.0355 e. The Labute approximate surface area is 131 Å². The van der Waals surface area contributed by atoms with Gasteiger partial charge in [-0.15, -0.1) is 11.3 Å². The maximum absolute atomic E-state index is 2.44. The Morgan fingerprint density at radius 3 is 2.48 bits per heavy atom. The second-order valence-corrected chi connectivity index (χ2v) is 7.60. The average molecular weight is 296 g/mol. The molecule has 1 aromatic heterocycles. The molecule has 1 atom stereocenters. The minimum Gasteiger partial charge on any atom is -0.135 e. The van der Waals surface area contributed by atoms with Crippen molar-refractivity contribution in [2.75, 3.05) is 0 Å². The van der Waals surface area contributed by atoms with Gasteiger partial charge in [-0.3, -0.25) is 0 Å². The predicted octanol–water partition coefficient (Wildman–Crippen LogP) is 6.81. The zero-order chi connectivity index (χ0) is 14.9. The summed E-state index contributed by atoms with van der Waals surface area (Å²) in [5.74, 6) is 0. The lowest BCUT2D eigenvalue weighted by molar-refractivity contribution is 0.279. The van der Waals surface area contributed by atoms with E-state index in [2.05, 4.69) is 63.2 Å². The van der Waals surface area contributed by atoms with Gasteiger partial charge in [0.05, 0.1) is 0 Å². The number of thiophene rings is 1. The molecule has 0 saturated carbocycles. The van der Waals surface area contributed by atoms with E-state index in [1.807, 2.05) is 11.3 Å². The summed E-state index contributed by atoms with van der Waals surface area (Å²) in [6, 6.07) is 15.8. The highest BCUT2D eigenvalue weighted by Gasteiger charge is 2.21. The lowest BCUT2D eigenvalue weighted by atomic mass is 9.77. The summed E-state index contributed by atoms with van der Waals surface area (Å²) in [4.78, 5) is 0. The fourth-order valence-electron chi connectivity index (χ4n) is 3.37. The summed E-state index contributed by atoms with van der Waals surface area (Å²) >= 11 is 1.90. The van der Waals surface area contributed by atoms with Gasteiger partial charge >= 0.3 is 0 Å². The molecular weight excluding hydrogens is 272 g/mol. The number of hydrogen-bond donors (Lipinski definition) is 0. The Balaban J connectivity index is 2.02. The SMILES string of the molecule is CCCC(C)(CC)Cc1ccc2sc3ccccc3c2c1. The largest absolute Gasteiger partial charge is 0.135 e. The molecule has 0 radical (unpaired) electrons. The summed E-state index contributed by atoms with van der Waals surface area (Å²) in [7, 11) is 0. The van der Waals surface area contributed by atoms with Gasteiger partial charge in [0.25, 0.3) is 0 Å². The Kier molecular flexibility index (Phi) is 4.03. The van der Waals surface area contributed by atoms with E-state index in [1.165, 1.54) is 51.4 Å². The number of fused-ring (bicyclic) bond motifs is 3. The topological polar surface area (TPSA) is 0 Å². The highest BCUT2D eigenvalue weighted by molar-refractivity contribution is 7.25. The Hall–Kier alpha value is -1.34. The van der Waals surface area contributed by atoms with Crippen molar-refractivity contribution in [1.29, 1.82) is 0 Å². The molecular formula is C20H24S. The first-order valence-electron chi connectivity index (χ1n) is 8.05. The molecule has 0 amide bonds. The van der Waals surface area contributed by atoms with E-state index in [-0.39, 0.29) is 0 Å². The zero-order valence-corrected chi connectivity index (χ0v) is 14.1. The molecule has 0 nitrogen and oxygen atoms in total. The summed E-state index contributed by atoms with van der Waals surface area (Å²) in [5, 5.41) is 2.84. The van der Waals surface area contributed by atoms with Crippen LogP contribution in [0.2, 0.25) is 0 Å². The number of benzene rings is 2. The maximum atomic E-state index is 2.44. The van der Waals surface area contributed by atoms with Crippen molar-refractivity contribution >= 4 is 31.5 Å². The van der Waals surface area contributed by atoms with Crippen LogP contribution in [0.3, 0.4) is 0 Å². The predicted molar refractivity (Wildman–Crippen MR) is 96.3 cm³/mol. The van der Waals surface area contributed by atoms with Crippen LogP contribution in [0.1, 0.15) is 45.6 Å². The summed E-state index contributed by atoms with van der Waals surface area (Å²) < 4.78 is 2.81. The number of hydrogen-bond acceptors (Lipinski definition) is 1. The molecule has 0 saturated heterocycles. The van der Waals surface area contributed by atoms with E-state index in [4.69, 9.17) is 0 Å². The quantitative estimate of drug-likeness (QED) is 0.485. The summed E-state index contributed by atoms with van der Waals surface area (Å²) in [6.45, 7) is 7.06. The van der Waals surface area contributed by atoms with Crippen molar-refractivity contribution in [3.8, 4) is 0 Å². The second-order valence-electron chi connectivity index (χ2n) is 6.52. The van der Waals surface area contributed by atoms with E-state index in [0.29, 0.717) is 5.41 Å². The molecule has 1 heterocycles. The van der Waals surface area contributed by atoms with Crippen LogP contribution in [0.15, 0.2) is 42.5 Å². The van der Waals surface area contributed by atoms with Crippen LogP contribution in [0.4, 0.5) is 0 Å². The molecule has 110 valence electrons. The lowest BCUT2D eigenvalue weighted by Gasteiger charge is -2.28. The van der Waals surface area contributed by atoms with Gasteiger partial charge in [-0.2, -0.15) is 0 Å². The van der Waals surface area contributed by atoms with Crippen molar-refractivity contribution in [1.82, 2.24) is 0 Å². The molecule has 0 aliphatic heterocycles. The molecule has 0 bridgehead atoms. The van der Waals surface area contributed by atoms with E-state index >= 15 is 0 Å². The minimum atomic E-state index is 0.439. The van der Waals surface area contributed by atoms with Gasteiger partial charge in [0.2, 0.25) is 0 Å². The monoisotopic (exact) mass is 296 g/mol. The highest BCUT2D eigenvalue weighted by Crippen LogP contribution is 2.37. The molecule has 0 N–H and O–H groups in total. The second kappa shape index (κ2) is 5.81. The van der Waals surface area contributed by atoms with Crippen LogP contribution in [-0.4, -0.2) is 0 Å². The fourth-order valence-corrected chi connectivity index (χ4v) is 4.46. The Morgan fingerprint density at radius 1 is 0.952 bits per heavy atom. The van der Waals surface area contributed by atoms with E-state index < -0.39 is 0 Å². The van der Waals surface area contributed by atoms with E-state index in [1.54, 1.807) is 0 Å². The normalized spacial score (nSPS) is 14.6. The van der Waals surface area contributed by atoms with Crippen molar-refractivity contribution < 1.29 is 0 Å². The molecule has 21 heavy (non-hydrogen) atoms. The first-order valence-corrected chi connectivity index (χ1v) is 8.87. The Morgan fingerprint density at radius 2 is 1.71 bits per heavy atom. The average Bonchev–Trinajstić information content (AvgIpc) is 2.85. The van der Waals surface area contributed by atoms with Crippen LogP contribution in [0.5, 0.6) is 0 Å². The van der Waals surface area contributed by atoms with Gasteiger partial charge in [0, 0.05) is 20.2 Å². The van der Waals surface area contributed by atoms with E-state index in [9.17, 15) is 0 Å². The summed E-state index contributed by atoms with van der Waals surface area (Å²) in [6.07, 6.45) is 5.03. The van der Waals surface area contributed by atoms with E-state index in [0.717, 1.165) is 0 Å². The van der Waals surface area contributed by atoms with Crippen LogP contribution < -0.4 is 0 Å². The standard InChI is InChI=1S/C20H24S/c1-4-12-20(3,5-2)14-15-10-11-19-17(13-15)16-8-6-7-9-18(16)21-19/h6-11,13H,4-5,12,14H2,1-3H3. The third-order valence-corrected chi connectivity index (χ3v) is 5.93. The van der Waals surface area contributed by atoms with Crippen molar-refractivity contribution in [2.45, 2.75) is 46.5 Å². The van der Waals surface area contributed by atoms with Crippen molar-refractivity contribution in [3.05, 3.63) is 48.0 Å². The first-order chi connectivity index (χ1) is 10.1. The zero-order valence-electron chi connectivity index (χ0n) is 13.3.